The molecule has 2 rings (SSSR count). The van der Waals surface area contributed by atoms with Crippen molar-refractivity contribution in [1.82, 2.24) is 14.7 Å². The molecular formula is C13H25N3O3. The van der Waals surface area contributed by atoms with Gasteiger partial charge in [-0.15, -0.1) is 0 Å². The van der Waals surface area contributed by atoms with E-state index in [9.17, 15) is 4.79 Å². The summed E-state index contributed by atoms with van der Waals surface area (Å²) in [7, 11) is 0. The molecule has 2 heterocycles. The number of β-amino-alcohol motifs (C(OH)–C–C–N with tert-alkyl or cyclic N) is 1. The molecule has 0 aromatic heterocycles. The monoisotopic (exact) mass is 271 g/mol. The fraction of sp³-hybridized carbons (Fsp3) is 0.923. The van der Waals surface area contributed by atoms with Gasteiger partial charge in [0, 0.05) is 58.8 Å². The molecule has 0 bridgehead atoms. The Labute approximate surface area is 114 Å². The Balaban J connectivity index is 1.61. The summed E-state index contributed by atoms with van der Waals surface area (Å²) >= 11 is 0. The van der Waals surface area contributed by atoms with Gasteiger partial charge in [-0.1, -0.05) is 0 Å². The van der Waals surface area contributed by atoms with Crippen molar-refractivity contribution in [2.45, 2.75) is 6.42 Å². The topological polar surface area (TPSA) is 56.2 Å². The van der Waals surface area contributed by atoms with Crippen LogP contribution in [0.3, 0.4) is 0 Å². The molecule has 110 valence electrons. The first kappa shape index (κ1) is 14.7. The Kier molecular flexibility index (Phi) is 6.03. The average molecular weight is 271 g/mol. The second-order valence-electron chi connectivity index (χ2n) is 5.15. The van der Waals surface area contributed by atoms with E-state index in [0.29, 0.717) is 19.6 Å². The lowest BCUT2D eigenvalue weighted by Crippen LogP contribution is -2.48. The summed E-state index contributed by atoms with van der Waals surface area (Å²) in [5.74, 6) is 0.251. The van der Waals surface area contributed by atoms with Gasteiger partial charge in [0.25, 0.3) is 0 Å². The Hall–Kier alpha value is -0.690. The predicted molar refractivity (Wildman–Crippen MR) is 72.0 cm³/mol. The van der Waals surface area contributed by atoms with Crippen molar-refractivity contribution < 1.29 is 14.6 Å². The Morgan fingerprint density at radius 2 is 1.53 bits per heavy atom. The summed E-state index contributed by atoms with van der Waals surface area (Å²) < 4.78 is 5.25. The quantitative estimate of drug-likeness (QED) is 0.684. The number of nitrogens with zero attached hydrogens (tertiary/aromatic N) is 3. The SMILES string of the molecule is O=C(CCN1CCN(CCO)CC1)N1CCOCC1. The van der Waals surface area contributed by atoms with Gasteiger partial charge in [-0.25, -0.2) is 0 Å². The van der Waals surface area contributed by atoms with Crippen molar-refractivity contribution in [2.75, 3.05) is 72.2 Å². The van der Waals surface area contributed by atoms with Crippen LogP contribution in [0.2, 0.25) is 0 Å². The summed E-state index contributed by atoms with van der Waals surface area (Å²) in [6, 6.07) is 0. The molecule has 0 aromatic rings. The molecule has 2 fully saturated rings. The molecule has 6 nitrogen and oxygen atoms in total. The summed E-state index contributed by atoms with van der Waals surface area (Å²) in [6.45, 7) is 8.65. The number of carbonyl (C=O) groups excluding carboxylic acids is 1. The summed E-state index contributed by atoms with van der Waals surface area (Å²) in [5.41, 5.74) is 0. The van der Waals surface area contributed by atoms with E-state index < -0.39 is 0 Å². The highest BCUT2D eigenvalue weighted by Crippen LogP contribution is 2.05. The van der Waals surface area contributed by atoms with Gasteiger partial charge in [-0.2, -0.15) is 0 Å². The van der Waals surface area contributed by atoms with Crippen LogP contribution in [0.15, 0.2) is 0 Å². The number of piperazine rings is 1. The number of morpholine rings is 1. The normalized spacial score (nSPS) is 22.7. The molecule has 0 radical (unpaired) electrons. The van der Waals surface area contributed by atoms with Gasteiger partial charge in [0.2, 0.25) is 5.91 Å². The van der Waals surface area contributed by atoms with E-state index in [1.807, 2.05) is 4.90 Å². The maximum atomic E-state index is 12.0. The molecule has 0 atom stereocenters. The first-order valence-electron chi connectivity index (χ1n) is 7.20. The van der Waals surface area contributed by atoms with Gasteiger partial charge in [0.05, 0.1) is 19.8 Å². The molecule has 0 aliphatic carbocycles. The van der Waals surface area contributed by atoms with Crippen molar-refractivity contribution in [3.8, 4) is 0 Å². The maximum Gasteiger partial charge on any atom is 0.224 e. The number of hydrogen-bond donors (Lipinski definition) is 1. The molecule has 2 aliphatic heterocycles. The molecule has 6 heteroatoms. The summed E-state index contributed by atoms with van der Waals surface area (Å²) in [5, 5.41) is 8.89. The lowest BCUT2D eigenvalue weighted by Gasteiger charge is -2.34. The van der Waals surface area contributed by atoms with Crippen molar-refractivity contribution in [3.63, 3.8) is 0 Å². The third kappa shape index (κ3) is 4.72. The Morgan fingerprint density at radius 3 is 2.11 bits per heavy atom. The van der Waals surface area contributed by atoms with Crippen molar-refractivity contribution in [1.29, 1.82) is 0 Å². The minimum atomic E-state index is 0.232. The van der Waals surface area contributed by atoms with Gasteiger partial charge in [0.1, 0.15) is 0 Å². The standard InChI is InChI=1S/C13H25N3O3/c17-10-7-15-5-3-14(4-6-15)2-1-13(18)16-8-11-19-12-9-16/h17H,1-12H2. The number of ether oxygens (including phenoxy) is 1. The van der Waals surface area contributed by atoms with Crippen LogP contribution in [-0.2, 0) is 9.53 Å². The first-order chi connectivity index (χ1) is 9.29. The zero-order chi connectivity index (χ0) is 13.5. The number of aliphatic hydroxyl groups is 1. The van der Waals surface area contributed by atoms with Crippen LogP contribution in [0, 0.1) is 0 Å². The Morgan fingerprint density at radius 1 is 0.947 bits per heavy atom. The van der Waals surface area contributed by atoms with Gasteiger partial charge in [0.15, 0.2) is 0 Å². The van der Waals surface area contributed by atoms with Crippen molar-refractivity contribution >= 4 is 5.91 Å². The highest BCUT2D eigenvalue weighted by atomic mass is 16.5. The van der Waals surface area contributed by atoms with Crippen LogP contribution in [0.1, 0.15) is 6.42 Å². The average Bonchev–Trinajstić information content (AvgIpc) is 2.47. The number of hydrogen-bond acceptors (Lipinski definition) is 5. The number of amides is 1. The second kappa shape index (κ2) is 7.79. The van der Waals surface area contributed by atoms with Crippen LogP contribution in [-0.4, -0.2) is 97.9 Å². The second-order valence-corrected chi connectivity index (χ2v) is 5.15. The van der Waals surface area contributed by atoms with Crippen LogP contribution in [0.25, 0.3) is 0 Å². The molecule has 2 saturated heterocycles. The van der Waals surface area contributed by atoms with Crippen molar-refractivity contribution in [3.05, 3.63) is 0 Å². The lowest BCUT2D eigenvalue weighted by molar-refractivity contribution is -0.135. The molecule has 0 aromatic carbocycles. The third-order valence-electron chi connectivity index (χ3n) is 3.89. The van der Waals surface area contributed by atoms with Gasteiger partial charge in [-0.05, 0) is 0 Å². The molecule has 19 heavy (non-hydrogen) atoms. The molecule has 0 saturated carbocycles. The number of aliphatic hydroxyl groups excluding tert-OH is 1. The number of carbonyl (C=O) groups is 1. The van der Waals surface area contributed by atoms with Crippen LogP contribution in [0.5, 0.6) is 0 Å². The maximum absolute atomic E-state index is 12.0. The van der Waals surface area contributed by atoms with E-state index in [-0.39, 0.29) is 12.5 Å². The molecule has 0 unspecified atom stereocenters. The van der Waals surface area contributed by atoms with Crippen LogP contribution >= 0.6 is 0 Å². The Bertz CT molecular complexity index is 274. The highest BCUT2D eigenvalue weighted by molar-refractivity contribution is 5.76. The fourth-order valence-corrected chi connectivity index (χ4v) is 2.60. The lowest BCUT2D eigenvalue weighted by atomic mass is 10.2. The predicted octanol–water partition coefficient (Wildman–Crippen LogP) is -1.15. The molecule has 1 N–H and O–H groups in total. The zero-order valence-corrected chi connectivity index (χ0v) is 11.6. The van der Waals surface area contributed by atoms with E-state index in [4.69, 9.17) is 9.84 Å². The molecular weight excluding hydrogens is 246 g/mol. The minimum absolute atomic E-state index is 0.232. The highest BCUT2D eigenvalue weighted by Gasteiger charge is 2.20. The van der Waals surface area contributed by atoms with E-state index in [1.165, 1.54) is 0 Å². The van der Waals surface area contributed by atoms with E-state index in [0.717, 1.165) is 52.4 Å². The van der Waals surface area contributed by atoms with E-state index in [2.05, 4.69) is 9.80 Å². The largest absolute Gasteiger partial charge is 0.395 e. The van der Waals surface area contributed by atoms with E-state index >= 15 is 0 Å². The van der Waals surface area contributed by atoms with Crippen LogP contribution in [0.4, 0.5) is 0 Å². The summed E-state index contributed by atoms with van der Waals surface area (Å²) in [4.78, 5) is 18.5. The van der Waals surface area contributed by atoms with E-state index in [1.54, 1.807) is 0 Å². The van der Waals surface area contributed by atoms with Crippen LogP contribution < -0.4 is 0 Å². The smallest absolute Gasteiger partial charge is 0.224 e. The zero-order valence-electron chi connectivity index (χ0n) is 11.6. The third-order valence-corrected chi connectivity index (χ3v) is 3.89. The first-order valence-corrected chi connectivity index (χ1v) is 7.20. The molecule has 0 spiro atoms. The fourth-order valence-electron chi connectivity index (χ4n) is 2.60. The van der Waals surface area contributed by atoms with Crippen molar-refractivity contribution in [2.24, 2.45) is 0 Å². The van der Waals surface area contributed by atoms with Gasteiger partial charge in [-0.3, -0.25) is 9.69 Å². The van der Waals surface area contributed by atoms with Gasteiger partial charge >= 0.3 is 0 Å². The minimum Gasteiger partial charge on any atom is -0.395 e. The number of rotatable bonds is 5. The summed E-state index contributed by atoms with van der Waals surface area (Å²) in [6.07, 6.45) is 0.611. The molecule has 1 amide bonds. The van der Waals surface area contributed by atoms with Gasteiger partial charge < -0.3 is 19.6 Å². The molecule has 2 aliphatic rings.